The summed E-state index contributed by atoms with van der Waals surface area (Å²) in [5.74, 6) is 7.15. The topological polar surface area (TPSA) is 15.3 Å². The number of rotatable bonds is 2. The van der Waals surface area contributed by atoms with Crippen LogP contribution in [0.5, 0.6) is 0 Å². The second-order valence-corrected chi connectivity index (χ2v) is 4.26. The van der Waals surface area contributed by atoms with Gasteiger partial charge in [-0.3, -0.25) is 0 Å². The molecule has 0 amide bonds. The molecule has 80 valence electrons. The van der Waals surface area contributed by atoms with Crippen LogP contribution in [0.2, 0.25) is 0 Å². The van der Waals surface area contributed by atoms with Crippen molar-refractivity contribution in [2.24, 2.45) is 5.92 Å². The van der Waals surface area contributed by atoms with Crippen LogP contribution in [-0.4, -0.2) is 37.6 Å². The molecule has 2 nitrogen and oxygen atoms in total. The van der Waals surface area contributed by atoms with Crippen molar-refractivity contribution in [3.05, 3.63) is 0 Å². The lowest BCUT2D eigenvalue weighted by atomic mass is 9.97. The van der Waals surface area contributed by atoms with Gasteiger partial charge in [-0.05, 0) is 46.8 Å². The first-order chi connectivity index (χ1) is 6.74. The standard InChI is InChI=1S/C12H22N2/c1-11(2)14-9-6-12(7-10-14)5-4-8-13-3/h11-13H,6-10H2,1-3H3. The van der Waals surface area contributed by atoms with Gasteiger partial charge >= 0.3 is 0 Å². The molecule has 1 aliphatic heterocycles. The second kappa shape index (κ2) is 6.06. The Morgan fingerprint density at radius 2 is 2.00 bits per heavy atom. The van der Waals surface area contributed by atoms with E-state index in [2.05, 4.69) is 35.9 Å². The van der Waals surface area contributed by atoms with Crippen molar-refractivity contribution in [1.82, 2.24) is 10.2 Å². The fraction of sp³-hybridized carbons (Fsp3) is 0.833. The minimum absolute atomic E-state index is 0.637. The number of nitrogens with zero attached hydrogens (tertiary/aromatic N) is 1. The van der Waals surface area contributed by atoms with Crippen molar-refractivity contribution in [3.8, 4) is 11.8 Å². The molecule has 1 N–H and O–H groups in total. The highest BCUT2D eigenvalue weighted by molar-refractivity contribution is 5.06. The molecule has 0 aromatic carbocycles. The zero-order chi connectivity index (χ0) is 10.4. The fourth-order valence-electron chi connectivity index (χ4n) is 1.84. The highest BCUT2D eigenvalue weighted by Gasteiger charge is 2.18. The summed E-state index contributed by atoms with van der Waals surface area (Å²) in [4.78, 5) is 2.54. The molecule has 2 heteroatoms. The van der Waals surface area contributed by atoms with Crippen LogP contribution in [-0.2, 0) is 0 Å². The Balaban J connectivity index is 2.26. The SMILES string of the molecule is CNCC#CC1CCN(C(C)C)CC1. The molecule has 0 atom stereocenters. The number of likely N-dealkylation sites (tertiary alicyclic amines) is 1. The second-order valence-electron chi connectivity index (χ2n) is 4.26. The van der Waals surface area contributed by atoms with Gasteiger partial charge in [0.2, 0.25) is 0 Å². The van der Waals surface area contributed by atoms with E-state index < -0.39 is 0 Å². The maximum atomic E-state index is 3.34. The maximum absolute atomic E-state index is 3.34. The van der Waals surface area contributed by atoms with Crippen LogP contribution in [0.25, 0.3) is 0 Å². The lowest BCUT2D eigenvalue weighted by Gasteiger charge is -2.32. The molecule has 0 unspecified atom stereocenters. The molecule has 0 aromatic heterocycles. The minimum Gasteiger partial charge on any atom is -0.309 e. The van der Waals surface area contributed by atoms with E-state index in [9.17, 15) is 0 Å². The number of nitrogens with one attached hydrogen (secondary N) is 1. The summed E-state index contributed by atoms with van der Waals surface area (Å²) in [6.45, 7) is 7.80. The fourth-order valence-corrected chi connectivity index (χ4v) is 1.84. The molecule has 0 bridgehead atoms. The first-order valence-corrected chi connectivity index (χ1v) is 5.61. The molecular weight excluding hydrogens is 172 g/mol. The predicted octanol–water partition coefficient (Wildman–Crippen LogP) is 1.33. The number of piperidine rings is 1. The van der Waals surface area contributed by atoms with Gasteiger partial charge in [0.1, 0.15) is 0 Å². The number of hydrogen-bond donors (Lipinski definition) is 1. The average molecular weight is 194 g/mol. The average Bonchev–Trinajstić information content (AvgIpc) is 2.19. The molecule has 0 aliphatic carbocycles. The van der Waals surface area contributed by atoms with E-state index in [-0.39, 0.29) is 0 Å². The van der Waals surface area contributed by atoms with Crippen molar-refractivity contribution in [2.75, 3.05) is 26.7 Å². The van der Waals surface area contributed by atoms with Gasteiger partial charge in [-0.15, -0.1) is 0 Å². The smallest absolute Gasteiger partial charge is 0.0574 e. The van der Waals surface area contributed by atoms with E-state index in [1.807, 2.05) is 7.05 Å². The van der Waals surface area contributed by atoms with Crippen LogP contribution in [0.3, 0.4) is 0 Å². The lowest BCUT2D eigenvalue weighted by Crippen LogP contribution is -2.38. The van der Waals surface area contributed by atoms with Gasteiger partial charge in [0, 0.05) is 12.0 Å². The van der Waals surface area contributed by atoms with E-state index in [0.29, 0.717) is 12.0 Å². The summed E-state index contributed by atoms with van der Waals surface area (Å²) >= 11 is 0. The molecule has 1 saturated heterocycles. The van der Waals surface area contributed by atoms with Gasteiger partial charge in [-0.25, -0.2) is 0 Å². The Labute approximate surface area is 88.1 Å². The molecular formula is C12H22N2. The molecule has 1 rings (SSSR count). The normalized spacial score (nSPS) is 19.4. The summed E-state index contributed by atoms with van der Waals surface area (Å²) in [5.41, 5.74) is 0. The van der Waals surface area contributed by atoms with E-state index in [4.69, 9.17) is 0 Å². The van der Waals surface area contributed by atoms with E-state index in [1.54, 1.807) is 0 Å². The monoisotopic (exact) mass is 194 g/mol. The summed E-state index contributed by atoms with van der Waals surface area (Å²) in [5, 5.41) is 3.05. The largest absolute Gasteiger partial charge is 0.309 e. The Kier molecular flexibility index (Phi) is 5.00. The summed E-state index contributed by atoms with van der Waals surface area (Å²) in [6, 6.07) is 0.696. The lowest BCUT2D eigenvalue weighted by molar-refractivity contribution is 0.167. The van der Waals surface area contributed by atoms with Crippen LogP contribution in [0.1, 0.15) is 26.7 Å². The van der Waals surface area contributed by atoms with E-state index in [1.165, 1.54) is 25.9 Å². The first kappa shape index (κ1) is 11.6. The van der Waals surface area contributed by atoms with Crippen molar-refractivity contribution in [1.29, 1.82) is 0 Å². The highest BCUT2D eigenvalue weighted by Crippen LogP contribution is 2.17. The van der Waals surface area contributed by atoms with Crippen LogP contribution < -0.4 is 5.32 Å². The Morgan fingerprint density at radius 1 is 1.36 bits per heavy atom. The van der Waals surface area contributed by atoms with Crippen LogP contribution in [0.4, 0.5) is 0 Å². The van der Waals surface area contributed by atoms with Crippen molar-refractivity contribution < 1.29 is 0 Å². The predicted molar refractivity (Wildman–Crippen MR) is 61.1 cm³/mol. The molecule has 1 heterocycles. The van der Waals surface area contributed by atoms with Gasteiger partial charge in [-0.1, -0.05) is 11.8 Å². The van der Waals surface area contributed by atoms with Crippen LogP contribution in [0, 0.1) is 17.8 Å². The molecule has 0 spiro atoms. The summed E-state index contributed by atoms with van der Waals surface area (Å²) in [7, 11) is 1.94. The van der Waals surface area contributed by atoms with Crippen LogP contribution >= 0.6 is 0 Å². The van der Waals surface area contributed by atoms with Gasteiger partial charge in [0.15, 0.2) is 0 Å². The molecule has 0 radical (unpaired) electrons. The zero-order valence-corrected chi connectivity index (χ0v) is 9.64. The minimum atomic E-state index is 0.637. The van der Waals surface area contributed by atoms with Crippen molar-refractivity contribution in [2.45, 2.75) is 32.7 Å². The molecule has 0 saturated carbocycles. The Hall–Kier alpha value is -0.520. The third-order valence-corrected chi connectivity index (χ3v) is 2.83. The van der Waals surface area contributed by atoms with Gasteiger partial charge in [-0.2, -0.15) is 0 Å². The van der Waals surface area contributed by atoms with Gasteiger partial charge in [0.25, 0.3) is 0 Å². The molecule has 1 fully saturated rings. The van der Waals surface area contributed by atoms with Gasteiger partial charge < -0.3 is 10.2 Å². The van der Waals surface area contributed by atoms with E-state index >= 15 is 0 Å². The van der Waals surface area contributed by atoms with Crippen molar-refractivity contribution >= 4 is 0 Å². The van der Waals surface area contributed by atoms with Crippen LogP contribution in [0.15, 0.2) is 0 Å². The zero-order valence-electron chi connectivity index (χ0n) is 9.64. The Bertz CT molecular complexity index is 204. The third-order valence-electron chi connectivity index (χ3n) is 2.83. The Morgan fingerprint density at radius 3 is 2.50 bits per heavy atom. The third kappa shape index (κ3) is 3.69. The molecule has 1 aliphatic rings. The first-order valence-electron chi connectivity index (χ1n) is 5.61. The summed E-state index contributed by atoms with van der Waals surface area (Å²) in [6.07, 6.45) is 2.49. The van der Waals surface area contributed by atoms with Crippen molar-refractivity contribution in [3.63, 3.8) is 0 Å². The maximum Gasteiger partial charge on any atom is 0.0574 e. The molecule has 14 heavy (non-hydrogen) atoms. The highest BCUT2D eigenvalue weighted by atomic mass is 15.1. The summed E-state index contributed by atoms with van der Waals surface area (Å²) < 4.78 is 0. The van der Waals surface area contributed by atoms with E-state index in [0.717, 1.165) is 6.54 Å². The quantitative estimate of drug-likeness (QED) is 0.667. The van der Waals surface area contributed by atoms with Gasteiger partial charge in [0.05, 0.1) is 6.54 Å². The number of hydrogen-bond acceptors (Lipinski definition) is 2. The molecule has 0 aromatic rings.